The van der Waals surface area contributed by atoms with Gasteiger partial charge in [0.15, 0.2) is 0 Å². The summed E-state index contributed by atoms with van der Waals surface area (Å²) >= 11 is 0. The highest BCUT2D eigenvalue weighted by molar-refractivity contribution is 5.91. The molecular formula is C22H26N6O4. The van der Waals surface area contributed by atoms with E-state index in [0.717, 1.165) is 25.1 Å². The standard InChI is InChI=1S/C22H26N6O4/c1-14-9-19(32-27-14)22(30)24-11-15-3-4-16(10-15)25-20-7-6-18(12-23-20)28-21(29)8-5-17(26-28)13-31-2/h5-9,12,15-16H,3-4,10-11,13H2,1-2H3,(H,23,25)(H,24,30)/t15-,16+/m0/s1. The zero-order valence-corrected chi connectivity index (χ0v) is 18.1. The van der Waals surface area contributed by atoms with Crippen molar-refractivity contribution < 1.29 is 14.1 Å². The molecule has 10 heteroatoms. The number of rotatable bonds is 8. The van der Waals surface area contributed by atoms with E-state index in [4.69, 9.17) is 9.26 Å². The van der Waals surface area contributed by atoms with Gasteiger partial charge in [0.05, 0.1) is 29.9 Å². The minimum Gasteiger partial charge on any atom is -0.378 e. The summed E-state index contributed by atoms with van der Waals surface area (Å²) in [5.41, 5.74) is 1.71. The zero-order valence-electron chi connectivity index (χ0n) is 18.1. The van der Waals surface area contributed by atoms with Crippen molar-refractivity contribution in [1.29, 1.82) is 0 Å². The van der Waals surface area contributed by atoms with Crippen LogP contribution in [0.25, 0.3) is 5.69 Å². The summed E-state index contributed by atoms with van der Waals surface area (Å²) < 4.78 is 11.4. The van der Waals surface area contributed by atoms with Crippen LogP contribution in [-0.2, 0) is 11.3 Å². The lowest BCUT2D eigenvalue weighted by molar-refractivity contribution is 0.0910. The predicted molar refractivity (Wildman–Crippen MR) is 117 cm³/mol. The molecule has 1 fully saturated rings. The number of hydrogen-bond acceptors (Lipinski definition) is 8. The molecule has 3 heterocycles. The normalized spacial score (nSPS) is 17.9. The van der Waals surface area contributed by atoms with Gasteiger partial charge < -0.3 is 19.9 Å². The fourth-order valence-electron chi connectivity index (χ4n) is 3.85. The minimum atomic E-state index is -0.238. The van der Waals surface area contributed by atoms with E-state index in [1.54, 1.807) is 32.4 Å². The third-order valence-corrected chi connectivity index (χ3v) is 5.44. The van der Waals surface area contributed by atoms with Crippen molar-refractivity contribution in [3.63, 3.8) is 0 Å². The second-order valence-corrected chi connectivity index (χ2v) is 7.97. The van der Waals surface area contributed by atoms with Gasteiger partial charge in [-0.15, -0.1) is 0 Å². The summed E-state index contributed by atoms with van der Waals surface area (Å²) in [5, 5.41) is 14.4. The molecule has 0 saturated heterocycles. The summed E-state index contributed by atoms with van der Waals surface area (Å²) in [6, 6.07) is 8.67. The van der Waals surface area contributed by atoms with Gasteiger partial charge in [0, 0.05) is 31.8 Å². The summed E-state index contributed by atoms with van der Waals surface area (Å²) in [5.74, 6) is 1.12. The number of carbonyl (C=O) groups is 1. The topological polar surface area (TPSA) is 124 Å². The molecule has 1 aliphatic rings. The van der Waals surface area contributed by atoms with Gasteiger partial charge >= 0.3 is 0 Å². The Morgan fingerprint density at radius 1 is 1.28 bits per heavy atom. The number of aryl methyl sites for hydroxylation is 1. The number of hydrogen-bond donors (Lipinski definition) is 2. The summed E-state index contributed by atoms with van der Waals surface area (Å²) in [7, 11) is 1.58. The van der Waals surface area contributed by atoms with Crippen LogP contribution in [0.2, 0.25) is 0 Å². The Bertz CT molecular complexity index is 1120. The molecule has 10 nitrogen and oxygen atoms in total. The Hall–Kier alpha value is -3.53. The monoisotopic (exact) mass is 438 g/mol. The Morgan fingerprint density at radius 3 is 2.88 bits per heavy atom. The molecule has 3 aromatic rings. The number of nitrogens with zero attached hydrogens (tertiary/aromatic N) is 4. The molecule has 4 rings (SSSR count). The number of methoxy groups -OCH3 is 1. The van der Waals surface area contributed by atoms with Crippen molar-refractivity contribution in [2.24, 2.45) is 5.92 Å². The fourth-order valence-corrected chi connectivity index (χ4v) is 3.85. The molecule has 3 aromatic heterocycles. The molecule has 0 spiro atoms. The van der Waals surface area contributed by atoms with Crippen LogP contribution >= 0.6 is 0 Å². The smallest absolute Gasteiger partial charge is 0.289 e. The summed E-state index contributed by atoms with van der Waals surface area (Å²) in [4.78, 5) is 28.7. The van der Waals surface area contributed by atoms with E-state index in [2.05, 4.69) is 25.9 Å². The van der Waals surface area contributed by atoms with Gasteiger partial charge in [0.1, 0.15) is 5.82 Å². The molecule has 0 radical (unpaired) electrons. The highest BCUT2D eigenvalue weighted by Gasteiger charge is 2.25. The van der Waals surface area contributed by atoms with E-state index in [1.165, 1.54) is 10.7 Å². The molecule has 0 unspecified atom stereocenters. The maximum absolute atomic E-state index is 12.2. The summed E-state index contributed by atoms with van der Waals surface area (Å²) in [6.07, 6.45) is 4.56. The molecule has 1 amide bonds. The molecular weight excluding hydrogens is 412 g/mol. The highest BCUT2D eigenvalue weighted by atomic mass is 16.5. The molecule has 168 valence electrons. The maximum Gasteiger partial charge on any atom is 0.289 e. The number of amides is 1. The largest absolute Gasteiger partial charge is 0.378 e. The van der Waals surface area contributed by atoms with E-state index in [-0.39, 0.29) is 23.3 Å². The van der Waals surface area contributed by atoms with Crippen LogP contribution in [-0.4, -0.2) is 45.5 Å². The second kappa shape index (κ2) is 9.73. The van der Waals surface area contributed by atoms with Gasteiger partial charge in [0.2, 0.25) is 5.76 Å². The van der Waals surface area contributed by atoms with Crippen LogP contribution in [0.4, 0.5) is 5.82 Å². The first-order valence-electron chi connectivity index (χ1n) is 10.5. The predicted octanol–water partition coefficient (Wildman–Crippen LogP) is 2.08. The number of ether oxygens (including phenoxy) is 1. The number of pyridine rings is 1. The average Bonchev–Trinajstić information content (AvgIpc) is 3.43. The van der Waals surface area contributed by atoms with Gasteiger partial charge in [-0.3, -0.25) is 9.59 Å². The summed E-state index contributed by atoms with van der Waals surface area (Å²) in [6.45, 7) is 2.70. The maximum atomic E-state index is 12.2. The third-order valence-electron chi connectivity index (χ3n) is 5.44. The van der Waals surface area contributed by atoms with Crippen LogP contribution in [0.3, 0.4) is 0 Å². The Balaban J connectivity index is 1.30. The number of carbonyl (C=O) groups excluding carboxylic acids is 1. The molecule has 1 aliphatic carbocycles. The Morgan fingerprint density at radius 2 is 2.16 bits per heavy atom. The first-order valence-corrected chi connectivity index (χ1v) is 10.5. The van der Waals surface area contributed by atoms with Gasteiger partial charge in [-0.2, -0.15) is 9.78 Å². The van der Waals surface area contributed by atoms with E-state index in [1.807, 2.05) is 12.1 Å². The van der Waals surface area contributed by atoms with E-state index >= 15 is 0 Å². The lowest BCUT2D eigenvalue weighted by Crippen LogP contribution is -2.28. The van der Waals surface area contributed by atoms with E-state index < -0.39 is 0 Å². The molecule has 0 bridgehead atoms. The van der Waals surface area contributed by atoms with Crippen molar-refractivity contribution in [1.82, 2.24) is 25.2 Å². The first-order chi connectivity index (χ1) is 15.5. The third kappa shape index (κ3) is 5.20. The van der Waals surface area contributed by atoms with Crippen molar-refractivity contribution in [3.8, 4) is 5.69 Å². The number of nitrogens with one attached hydrogen (secondary N) is 2. The van der Waals surface area contributed by atoms with E-state index in [9.17, 15) is 9.59 Å². The number of aromatic nitrogens is 4. The van der Waals surface area contributed by atoms with Crippen molar-refractivity contribution in [2.45, 2.75) is 38.8 Å². The lowest BCUT2D eigenvalue weighted by Gasteiger charge is -2.15. The minimum absolute atomic E-state index is 0.228. The molecule has 32 heavy (non-hydrogen) atoms. The Kier molecular flexibility index (Phi) is 6.60. The quantitative estimate of drug-likeness (QED) is 0.548. The second-order valence-electron chi connectivity index (χ2n) is 7.97. The zero-order chi connectivity index (χ0) is 22.5. The molecule has 2 atom stereocenters. The van der Waals surface area contributed by atoms with Crippen molar-refractivity contribution in [2.75, 3.05) is 19.0 Å². The molecule has 2 N–H and O–H groups in total. The van der Waals surface area contributed by atoms with Crippen molar-refractivity contribution >= 4 is 11.7 Å². The van der Waals surface area contributed by atoms with Crippen LogP contribution in [0.5, 0.6) is 0 Å². The van der Waals surface area contributed by atoms with E-state index in [0.29, 0.717) is 36.1 Å². The first kappa shape index (κ1) is 21.7. The molecule has 0 aromatic carbocycles. The lowest BCUT2D eigenvalue weighted by atomic mass is 10.1. The van der Waals surface area contributed by atoms with Gasteiger partial charge in [-0.05, 0) is 50.3 Å². The van der Waals surface area contributed by atoms with Crippen LogP contribution < -0.4 is 16.2 Å². The SMILES string of the molecule is COCc1ccc(=O)n(-c2ccc(N[C@@H]3CC[C@H](CNC(=O)c4cc(C)no4)C3)nc2)n1. The van der Waals surface area contributed by atoms with Crippen LogP contribution in [0, 0.1) is 12.8 Å². The van der Waals surface area contributed by atoms with Crippen LogP contribution in [0.15, 0.2) is 45.8 Å². The van der Waals surface area contributed by atoms with Crippen molar-refractivity contribution in [3.05, 3.63) is 64.0 Å². The molecule has 0 aliphatic heterocycles. The van der Waals surface area contributed by atoms with Gasteiger partial charge in [-0.1, -0.05) is 5.16 Å². The van der Waals surface area contributed by atoms with Crippen LogP contribution in [0.1, 0.15) is 41.2 Å². The fraction of sp³-hybridized carbons (Fsp3) is 0.409. The molecule has 1 saturated carbocycles. The van der Waals surface area contributed by atoms with Gasteiger partial charge in [0.25, 0.3) is 11.5 Å². The Labute approximate surface area is 185 Å². The highest BCUT2D eigenvalue weighted by Crippen LogP contribution is 2.27. The van der Waals surface area contributed by atoms with Gasteiger partial charge in [-0.25, -0.2) is 4.98 Å². The average molecular weight is 438 g/mol. The number of anilines is 1.